The molecule has 2 fully saturated rings. The zero-order valence-corrected chi connectivity index (χ0v) is 18.9. The van der Waals surface area contributed by atoms with Gasteiger partial charge in [0.25, 0.3) is 0 Å². The van der Waals surface area contributed by atoms with Gasteiger partial charge in [-0.25, -0.2) is 4.90 Å². The molecule has 0 aromatic heterocycles. The fourth-order valence-corrected chi connectivity index (χ4v) is 5.63. The molecule has 2 aliphatic heterocycles. The van der Waals surface area contributed by atoms with Crippen molar-refractivity contribution in [3.05, 3.63) is 99.5 Å². The van der Waals surface area contributed by atoms with Crippen LogP contribution >= 0.6 is 23.2 Å². The lowest BCUT2D eigenvalue weighted by Crippen LogP contribution is -2.51. The van der Waals surface area contributed by atoms with Crippen LogP contribution in [0.4, 0.5) is 5.69 Å². The predicted molar refractivity (Wildman–Crippen MR) is 124 cm³/mol. The molecule has 3 aromatic carbocycles. The smallest absolute Gasteiger partial charge is 0.241 e. The number of hydrogen-bond acceptors (Lipinski definition) is 5. The number of ketones is 2. The molecule has 0 N–H and O–H groups in total. The third kappa shape index (κ3) is 2.61. The minimum atomic E-state index is -2.10. The number of fused-ring (bicyclic) bond motifs is 3. The highest BCUT2D eigenvalue weighted by Crippen LogP contribution is 2.57. The number of amides is 2. The third-order valence-corrected chi connectivity index (χ3v) is 7.55. The van der Waals surface area contributed by atoms with Crippen molar-refractivity contribution in [1.82, 2.24) is 0 Å². The van der Waals surface area contributed by atoms with E-state index in [-0.39, 0.29) is 26.9 Å². The lowest BCUT2D eigenvalue weighted by Gasteiger charge is -2.27. The van der Waals surface area contributed by atoms with E-state index < -0.39 is 46.9 Å². The summed E-state index contributed by atoms with van der Waals surface area (Å²) in [6.45, 7) is 0. The summed E-state index contributed by atoms with van der Waals surface area (Å²) < 4.78 is 6.22. The number of halogens is 2. The molecule has 0 saturated carbocycles. The van der Waals surface area contributed by atoms with Crippen molar-refractivity contribution in [1.29, 1.82) is 0 Å². The van der Waals surface area contributed by atoms with Crippen molar-refractivity contribution in [3.8, 4) is 0 Å². The Hall–Kier alpha value is -3.32. The quantitative estimate of drug-likeness (QED) is 0.383. The second-order valence-corrected chi connectivity index (χ2v) is 9.32. The first kappa shape index (κ1) is 21.2. The molecule has 3 aliphatic rings. The Balaban J connectivity index is 1.55. The van der Waals surface area contributed by atoms with E-state index in [1.807, 2.05) is 0 Å². The first-order chi connectivity index (χ1) is 16.4. The molecule has 0 bridgehead atoms. The molecule has 1 spiro atoms. The van der Waals surface area contributed by atoms with E-state index in [9.17, 15) is 19.2 Å². The second-order valence-electron chi connectivity index (χ2n) is 8.50. The summed E-state index contributed by atoms with van der Waals surface area (Å²) in [5.74, 6) is -4.81. The Kier molecular flexibility index (Phi) is 4.58. The van der Waals surface area contributed by atoms with Crippen molar-refractivity contribution in [2.75, 3.05) is 4.90 Å². The molecule has 2 saturated heterocycles. The van der Waals surface area contributed by atoms with Gasteiger partial charge in [-0.1, -0.05) is 77.8 Å². The summed E-state index contributed by atoms with van der Waals surface area (Å²) in [4.78, 5) is 55.9. The molecule has 168 valence electrons. The van der Waals surface area contributed by atoms with Gasteiger partial charge in [-0.05, 0) is 23.8 Å². The number of benzene rings is 3. The maximum absolute atomic E-state index is 13.8. The van der Waals surface area contributed by atoms with Crippen LogP contribution in [0.2, 0.25) is 10.0 Å². The van der Waals surface area contributed by atoms with Crippen LogP contribution in [0.15, 0.2) is 72.8 Å². The van der Waals surface area contributed by atoms with Crippen molar-refractivity contribution in [2.24, 2.45) is 11.8 Å². The van der Waals surface area contributed by atoms with E-state index in [4.69, 9.17) is 27.9 Å². The minimum Gasteiger partial charge on any atom is -0.349 e. The van der Waals surface area contributed by atoms with Gasteiger partial charge in [-0.2, -0.15) is 0 Å². The van der Waals surface area contributed by atoms with Gasteiger partial charge in [0.15, 0.2) is 0 Å². The standard InChI is InChI=1S/C26H15Cl2NO5/c27-17-11-10-14(12-18(17)28)29-24(32)19-20(25(29)33)26(34-21(19)13-6-2-1-3-7-13)22(30)15-8-4-5-9-16(15)23(26)31/h1-12,19-21H/t19-,20-,21?/m1/s1. The number of ether oxygens (including phenoxy) is 1. The van der Waals surface area contributed by atoms with E-state index in [2.05, 4.69) is 0 Å². The van der Waals surface area contributed by atoms with Crippen LogP contribution < -0.4 is 4.90 Å². The van der Waals surface area contributed by atoms with E-state index in [1.165, 1.54) is 30.3 Å². The molecular formula is C26H15Cl2NO5. The molecule has 8 heteroatoms. The summed E-state index contributed by atoms with van der Waals surface area (Å²) in [6.07, 6.45) is -0.961. The Morgan fingerprint density at radius 1 is 0.735 bits per heavy atom. The van der Waals surface area contributed by atoms with E-state index in [0.717, 1.165) is 4.90 Å². The molecule has 2 heterocycles. The van der Waals surface area contributed by atoms with Gasteiger partial charge in [0.2, 0.25) is 29.0 Å². The molecule has 1 aliphatic carbocycles. The first-order valence-electron chi connectivity index (χ1n) is 10.6. The van der Waals surface area contributed by atoms with E-state index >= 15 is 0 Å². The van der Waals surface area contributed by atoms with Gasteiger partial charge in [0.05, 0.1) is 33.7 Å². The molecule has 3 aromatic rings. The fourth-order valence-electron chi connectivity index (χ4n) is 5.34. The van der Waals surface area contributed by atoms with Crippen molar-refractivity contribution in [2.45, 2.75) is 11.7 Å². The van der Waals surface area contributed by atoms with Gasteiger partial charge < -0.3 is 4.74 Å². The molecule has 2 amide bonds. The van der Waals surface area contributed by atoms with Crippen LogP contribution in [-0.2, 0) is 14.3 Å². The van der Waals surface area contributed by atoms with Crippen LogP contribution in [0.1, 0.15) is 32.4 Å². The van der Waals surface area contributed by atoms with Crippen molar-refractivity contribution < 1.29 is 23.9 Å². The molecule has 1 unspecified atom stereocenters. The number of Topliss-reactive ketones (excluding diaryl/α,β-unsaturated/α-hetero) is 2. The van der Waals surface area contributed by atoms with Crippen LogP contribution in [0.25, 0.3) is 0 Å². The number of rotatable bonds is 2. The summed E-state index contributed by atoms with van der Waals surface area (Å²) in [7, 11) is 0. The van der Waals surface area contributed by atoms with Gasteiger partial charge in [-0.15, -0.1) is 0 Å². The van der Waals surface area contributed by atoms with E-state index in [1.54, 1.807) is 42.5 Å². The Bertz CT molecular complexity index is 1380. The molecule has 34 heavy (non-hydrogen) atoms. The molecule has 0 radical (unpaired) electrons. The van der Waals surface area contributed by atoms with Crippen LogP contribution in [0, 0.1) is 11.8 Å². The number of imide groups is 1. The summed E-state index contributed by atoms with van der Waals surface area (Å²) >= 11 is 12.2. The second kappa shape index (κ2) is 7.34. The summed E-state index contributed by atoms with van der Waals surface area (Å²) in [5, 5.41) is 0.436. The molecule has 3 atom stereocenters. The first-order valence-corrected chi connectivity index (χ1v) is 11.4. The lowest BCUT2D eigenvalue weighted by atomic mass is 9.77. The molecule has 6 nitrogen and oxygen atoms in total. The molecular weight excluding hydrogens is 477 g/mol. The van der Waals surface area contributed by atoms with Gasteiger partial charge in [-0.3, -0.25) is 19.2 Å². The highest BCUT2D eigenvalue weighted by atomic mass is 35.5. The highest BCUT2D eigenvalue weighted by Gasteiger charge is 2.74. The van der Waals surface area contributed by atoms with Gasteiger partial charge in [0, 0.05) is 11.1 Å². The largest absolute Gasteiger partial charge is 0.349 e. The monoisotopic (exact) mass is 491 g/mol. The Labute approximate surface area is 204 Å². The van der Waals surface area contributed by atoms with Gasteiger partial charge in [0.1, 0.15) is 0 Å². The number of hydrogen-bond donors (Lipinski definition) is 0. The highest BCUT2D eigenvalue weighted by molar-refractivity contribution is 6.42. The Morgan fingerprint density at radius 3 is 1.97 bits per heavy atom. The predicted octanol–water partition coefficient (Wildman–Crippen LogP) is 4.69. The number of carbonyl (C=O) groups excluding carboxylic acids is 4. The minimum absolute atomic E-state index is 0.169. The van der Waals surface area contributed by atoms with Crippen LogP contribution in [0.3, 0.4) is 0 Å². The SMILES string of the molecule is O=C1[C@H]2C(c3ccccc3)OC3(C(=O)c4ccccc4C3=O)[C@H]2C(=O)N1c1ccc(Cl)c(Cl)c1. The third-order valence-electron chi connectivity index (χ3n) is 6.81. The summed E-state index contributed by atoms with van der Waals surface area (Å²) in [6, 6.07) is 19.6. The maximum Gasteiger partial charge on any atom is 0.241 e. The average molecular weight is 492 g/mol. The summed E-state index contributed by atoms with van der Waals surface area (Å²) in [5.41, 5.74) is -0.910. The Morgan fingerprint density at radius 2 is 1.35 bits per heavy atom. The molecule has 6 rings (SSSR count). The number of carbonyl (C=O) groups is 4. The zero-order chi connectivity index (χ0) is 23.8. The topological polar surface area (TPSA) is 80.8 Å². The van der Waals surface area contributed by atoms with Crippen LogP contribution in [-0.4, -0.2) is 29.0 Å². The van der Waals surface area contributed by atoms with Gasteiger partial charge >= 0.3 is 0 Å². The maximum atomic E-state index is 13.8. The lowest BCUT2D eigenvalue weighted by molar-refractivity contribution is -0.127. The van der Waals surface area contributed by atoms with Crippen molar-refractivity contribution >= 4 is 52.3 Å². The van der Waals surface area contributed by atoms with Crippen molar-refractivity contribution in [3.63, 3.8) is 0 Å². The van der Waals surface area contributed by atoms with Crippen LogP contribution in [0.5, 0.6) is 0 Å². The average Bonchev–Trinajstić information content (AvgIpc) is 3.42. The number of anilines is 1. The zero-order valence-electron chi connectivity index (χ0n) is 17.4. The van der Waals surface area contributed by atoms with E-state index in [0.29, 0.717) is 5.56 Å². The number of nitrogens with zero attached hydrogens (tertiary/aromatic N) is 1. The fraction of sp³-hybridized carbons (Fsp3) is 0.154. The normalized spacial score (nSPS) is 24.8.